The van der Waals surface area contributed by atoms with Gasteiger partial charge < -0.3 is 25.0 Å². The Morgan fingerprint density at radius 2 is 2.16 bits per heavy atom. The summed E-state index contributed by atoms with van der Waals surface area (Å²) < 4.78 is 15.2. The maximum atomic E-state index is 12.1. The van der Waals surface area contributed by atoms with Crippen LogP contribution in [-0.4, -0.2) is 17.9 Å². The van der Waals surface area contributed by atoms with Crippen molar-refractivity contribution in [1.82, 2.24) is 5.16 Å². The van der Waals surface area contributed by atoms with Crippen LogP contribution in [0.2, 0.25) is 0 Å². The molecule has 1 aromatic heterocycles. The summed E-state index contributed by atoms with van der Waals surface area (Å²) >= 11 is 0. The molecule has 2 heterocycles. The zero-order valence-corrected chi connectivity index (χ0v) is 10.1. The first-order chi connectivity index (χ1) is 9.15. The van der Waals surface area contributed by atoms with Gasteiger partial charge in [-0.25, -0.2) is 0 Å². The highest BCUT2D eigenvalue weighted by Gasteiger charge is 2.20. The van der Waals surface area contributed by atoms with Gasteiger partial charge in [-0.1, -0.05) is 5.16 Å². The smallest absolute Gasteiger partial charge is 0.263 e. The molecule has 3 N–H and O–H groups in total. The van der Waals surface area contributed by atoms with Crippen LogP contribution in [0.25, 0.3) is 0 Å². The van der Waals surface area contributed by atoms with Crippen molar-refractivity contribution < 1.29 is 18.8 Å². The standard InChI is InChI=1S/C12H11N3O4/c1-6-10(11(13)19-15-6)12(16)14-7-2-3-8-9(4-7)18-5-17-8/h2-4H,5,13H2,1H3,(H,14,16). The Morgan fingerprint density at radius 1 is 1.37 bits per heavy atom. The fourth-order valence-corrected chi connectivity index (χ4v) is 1.83. The number of carbonyl (C=O) groups excluding carboxylic acids is 1. The van der Waals surface area contributed by atoms with E-state index in [0.717, 1.165) is 0 Å². The molecule has 0 unspecified atom stereocenters. The van der Waals surface area contributed by atoms with Crippen molar-refractivity contribution >= 4 is 17.5 Å². The van der Waals surface area contributed by atoms with E-state index in [2.05, 4.69) is 10.5 Å². The number of hydrogen-bond acceptors (Lipinski definition) is 6. The molecule has 19 heavy (non-hydrogen) atoms. The lowest BCUT2D eigenvalue weighted by molar-refractivity contribution is 0.102. The molecule has 1 amide bonds. The average Bonchev–Trinajstić information content (AvgIpc) is 2.95. The molecule has 0 aliphatic carbocycles. The van der Waals surface area contributed by atoms with Crippen LogP contribution < -0.4 is 20.5 Å². The van der Waals surface area contributed by atoms with E-state index in [4.69, 9.17) is 19.7 Å². The van der Waals surface area contributed by atoms with Crippen LogP contribution in [0.3, 0.4) is 0 Å². The SMILES string of the molecule is Cc1noc(N)c1C(=O)Nc1ccc2c(c1)OCO2. The number of ether oxygens (including phenoxy) is 2. The predicted molar refractivity (Wildman–Crippen MR) is 66.2 cm³/mol. The van der Waals surface area contributed by atoms with E-state index in [-0.39, 0.29) is 24.1 Å². The second-order valence-corrected chi connectivity index (χ2v) is 4.03. The minimum atomic E-state index is -0.380. The molecule has 1 aromatic carbocycles. The van der Waals surface area contributed by atoms with Gasteiger partial charge in [0.2, 0.25) is 12.7 Å². The van der Waals surface area contributed by atoms with E-state index < -0.39 is 0 Å². The Labute approximate surface area is 108 Å². The molecule has 0 radical (unpaired) electrons. The molecule has 7 nitrogen and oxygen atoms in total. The van der Waals surface area contributed by atoms with Crippen molar-refractivity contribution in [3.05, 3.63) is 29.5 Å². The van der Waals surface area contributed by atoms with Crippen molar-refractivity contribution in [2.45, 2.75) is 6.92 Å². The molecule has 1 aliphatic rings. The van der Waals surface area contributed by atoms with Crippen LogP contribution >= 0.6 is 0 Å². The molecule has 1 aliphatic heterocycles. The lowest BCUT2D eigenvalue weighted by Gasteiger charge is -2.05. The Hall–Kier alpha value is -2.70. The van der Waals surface area contributed by atoms with Gasteiger partial charge in [-0.15, -0.1) is 0 Å². The van der Waals surface area contributed by atoms with Gasteiger partial charge in [-0.05, 0) is 19.1 Å². The number of aromatic nitrogens is 1. The second-order valence-electron chi connectivity index (χ2n) is 4.03. The van der Waals surface area contributed by atoms with E-state index in [1.807, 2.05) is 0 Å². The third-order valence-electron chi connectivity index (χ3n) is 2.75. The molecule has 2 aromatic rings. The number of anilines is 2. The Morgan fingerprint density at radius 3 is 2.89 bits per heavy atom. The summed E-state index contributed by atoms with van der Waals surface area (Å²) in [7, 11) is 0. The number of aryl methyl sites for hydroxylation is 1. The van der Waals surface area contributed by atoms with Crippen molar-refractivity contribution in [2.75, 3.05) is 17.8 Å². The van der Waals surface area contributed by atoms with Gasteiger partial charge in [-0.2, -0.15) is 0 Å². The second kappa shape index (κ2) is 4.20. The fraction of sp³-hybridized carbons (Fsp3) is 0.167. The number of nitrogens with two attached hydrogens (primary N) is 1. The van der Waals surface area contributed by atoms with Crippen molar-refractivity contribution in [2.24, 2.45) is 0 Å². The van der Waals surface area contributed by atoms with Gasteiger partial charge in [0.15, 0.2) is 11.5 Å². The van der Waals surface area contributed by atoms with Gasteiger partial charge in [0.25, 0.3) is 5.91 Å². The third-order valence-corrected chi connectivity index (χ3v) is 2.75. The monoisotopic (exact) mass is 261 g/mol. The molecule has 0 saturated heterocycles. The van der Waals surface area contributed by atoms with Gasteiger partial charge in [0.05, 0.1) is 5.69 Å². The summed E-state index contributed by atoms with van der Waals surface area (Å²) in [6.45, 7) is 1.83. The molecular weight excluding hydrogens is 250 g/mol. The highest BCUT2D eigenvalue weighted by Crippen LogP contribution is 2.34. The predicted octanol–water partition coefficient (Wildman–Crippen LogP) is 1.55. The summed E-state index contributed by atoms with van der Waals surface area (Å²) in [5.41, 5.74) is 6.80. The molecule has 3 rings (SSSR count). The summed E-state index contributed by atoms with van der Waals surface area (Å²) in [6.07, 6.45) is 0. The number of amides is 1. The van der Waals surface area contributed by atoms with Crippen LogP contribution in [0.1, 0.15) is 16.1 Å². The highest BCUT2D eigenvalue weighted by atomic mass is 16.7. The number of nitrogen functional groups attached to an aromatic ring is 1. The van der Waals surface area contributed by atoms with Crippen LogP contribution in [0.5, 0.6) is 11.5 Å². The largest absolute Gasteiger partial charge is 0.454 e. The highest BCUT2D eigenvalue weighted by molar-refractivity contribution is 6.07. The van der Waals surface area contributed by atoms with Crippen molar-refractivity contribution in [3.8, 4) is 11.5 Å². The number of rotatable bonds is 2. The van der Waals surface area contributed by atoms with E-state index in [1.54, 1.807) is 25.1 Å². The molecule has 0 atom stereocenters. The Kier molecular flexibility index (Phi) is 2.52. The van der Waals surface area contributed by atoms with Crippen molar-refractivity contribution in [3.63, 3.8) is 0 Å². The number of carbonyl (C=O) groups is 1. The first-order valence-electron chi connectivity index (χ1n) is 5.58. The average molecular weight is 261 g/mol. The quantitative estimate of drug-likeness (QED) is 0.850. The van der Waals surface area contributed by atoms with Crippen LogP contribution in [0, 0.1) is 6.92 Å². The molecule has 0 saturated carbocycles. The van der Waals surface area contributed by atoms with Crippen LogP contribution in [0.4, 0.5) is 11.6 Å². The lowest BCUT2D eigenvalue weighted by atomic mass is 10.2. The number of hydrogen-bond donors (Lipinski definition) is 2. The van der Waals surface area contributed by atoms with Crippen LogP contribution in [-0.2, 0) is 0 Å². The third kappa shape index (κ3) is 1.95. The molecule has 0 fully saturated rings. The Bertz CT molecular complexity index is 631. The minimum absolute atomic E-state index is 0.00394. The molecular formula is C12H11N3O4. The van der Waals surface area contributed by atoms with E-state index in [1.165, 1.54) is 0 Å². The fourth-order valence-electron chi connectivity index (χ4n) is 1.83. The summed E-state index contributed by atoms with van der Waals surface area (Å²) in [5.74, 6) is 0.859. The zero-order chi connectivity index (χ0) is 13.4. The molecule has 98 valence electrons. The zero-order valence-electron chi connectivity index (χ0n) is 10.1. The number of fused-ring (bicyclic) bond motifs is 1. The maximum Gasteiger partial charge on any atom is 0.263 e. The number of benzene rings is 1. The maximum absolute atomic E-state index is 12.1. The van der Waals surface area contributed by atoms with Gasteiger partial charge in [-0.3, -0.25) is 4.79 Å². The van der Waals surface area contributed by atoms with E-state index in [0.29, 0.717) is 22.9 Å². The Balaban J connectivity index is 1.84. The first kappa shape index (κ1) is 11.4. The summed E-state index contributed by atoms with van der Waals surface area (Å²) in [4.78, 5) is 12.1. The topological polar surface area (TPSA) is 99.6 Å². The van der Waals surface area contributed by atoms with Gasteiger partial charge >= 0.3 is 0 Å². The molecule has 0 bridgehead atoms. The first-order valence-corrected chi connectivity index (χ1v) is 5.58. The number of nitrogens with zero attached hydrogens (tertiary/aromatic N) is 1. The van der Waals surface area contributed by atoms with Gasteiger partial charge in [0, 0.05) is 11.8 Å². The van der Waals surface area contributed by atoms with Gasteiger partial charge in [0.1, 0.15) is 5.56 Å². The van der Waals surface area contributed by atoms with E-state index in [9.17, 15) is 4.79 Å². The normalized spacial score (nSPS) is 12.5. The van der Waals surface area contributed by atoms with Crippen molar-refractivity contribution in [1.29, 1.82) is 0 Å². The van der Waals surface area contributed by atoms with E-state index >= 15 is 0 Å². The van der Waals surface area contributed by atoms with Crippen LogP contribution in [0.15, 0.2) is 22.7 Å². The number of nitrogens with one attached hydrogen (secondary N) is 1. The summed E-state index contributed by atoms with van der Waals surface area (Å²) in [6, 6.07) is 5.12. The minimum Gasteiger partial charge on any atom is -0.454 e. The molecule has 0 spiro atoms. The summed E-state index contributed by atoms with van der Waals surface area (Å²) in [5, 5.41) is 6.33. The lowest BCUT2D eigenvalue weighted by Crippen LogP contribution is -2.14. The molecule has 7 heteroatoms.